The van der Waals surface area contributed by atoms with E-state index in [4.69, 9.17) is 10.5 Å². The van der Waals surface area contributed by atoms with Crippen LogP contribution in [0.15, 0.2) is 83.0 Å². The van der Waals surface area contributed by atoms with Crippen LogP contribution >= 0.6 is 0 Å². The Hall–Kier alpha value is -4.12. The minimum Gasteiger partial charge on any atom is -0.462 e. The van der Waals surface area contributed by atoms with Crippen molar-refractivity contribution in [1.82, 2.24) is 4.31 Å². The van der Waals surface area contributed by atoms with Crippen LogP contribution in [0, 0.1) is 5.82 Å². The summed E-state index contributed by atoms with van der Waals surface area (Å²) in [6.07, 6.45) is -3.40. The molecule has 3 rings (SSSR count). The van der Waals surface area contributed by atoms with Crippen LogP contribution < -0.4 is 16.2 Å². The van der Waals surface area contributed by atoms with Gasteiger partial charge in [-0.1, -0.05) is 36.9 Å². The Morgan fingerprint density at radius 3 is 2.31 bits per heavy atom. The van der Waals surface area contributed by atoms with E-state index in [1.165, 1.54) is 12.1 Å². The van der Waals surface area contributed by atoms with Gasteiger partial charge in [0.1, 0.15) is 11.6 Å². The maximum absolute atomic E-state index is 13.9. The summed E-state index contributed by atoms with van der Waals surface area (Å²) in [5.74, 6) is -2.41. The van der Waals surface area contributed by atoms with Crippen LogP contribution in [-0.2, 0) is 27.5 Å². The molecule has 0 atom stereocenters. The van der Waals surface area contributed by atoms with Crippen molar-refractivity contribution in [3.63, 3.8) is 0 Å². The van der Waals surface area contributed by atoms with Crippen LogP contribution in [0.5, 0.6) is 0 Å². The first-order valence-corrected chi connectivity index (χ1v) is 13.1. The third-order valence-corrected chi connectivity index (χ3v) is 7.49. The number of nitrogens with zero attached hydrogens (tertiary/aromatic N) is 1. The predicted molar refractivity (Wildman–Crippen MR) is 139 cm³/mol. The number of alkyl halides is 3. The molecule has 39 heavy (non-hydrogen) atoms. The van der Waals surface area contributed by atoms with Crippen molar-refractivity contribution in [1.29, 1.82) is 0 Å². The standard InChI is InChI=1S/C28H26F4N2O4S/c1-4-38-27(35)21-10-12-23(13-11-21)39(36,37)34(17-20-9-14-25(29)24(16-20)28(30,31)32)26(33)19(3)15-22-8-6-5-7-18(22)2/h5-16H,2,4,17,33H2,1,3H3/b22-15-,26-19+. The number of sulfonamides is 1. The number of benzene rings is 3. The lowest BCUT2D eigenvalue weighted by Crippen LogP contribution is -2.35. The maximum atomic E-state index is 13.9. The molecule has 0 bridgehead atoms. The molecule has 2 N–H and O–H groups in total. The van der Waals surface area contributed by atoms with E-state index < -0.39 is 40.1 Å². The molecule has 0 amide bonds. The largest absolute Gasteiger partial charge is 0.462 e. The van der Waals surface area contributed by atoms with Crippen molar-refractivity contribution in [2.24, 2.45) is 5.73 Å². The van der Waals surface area contributed by atoms with Crippen molar-refractivity contribution in [3.8, 4) is 0 Å². The number of rotatable bonds is 8. The summed E-state index contributed by atoms with van der Waals surface area (Å²) in [6, 6.07) is 14.0. The van der Waals surface area contributed by atoms with Crippen molar-refractivity contribution >= 4 is 28.6 Å². The van der Waals surface area contributed by atoms with Crippen molar-refractivity contribution < 1.29 is 35.5 Å². The first-order valence-electron chi connectivity index (χ1n) is 11.6. The smallest absolute Gasteiger partial charge is 0.419 e. The number of hydrogen-bond acceptors (Lipinski definition) is 5. The van der Waals surface area contributed by atoms with Gasteiger partial charge in [0.2, 0.25) is 0 Å². The summed E-state index contributed by atoms with van der Waals surface area (Å²) >= 11 is 0. The number of esters is 1. The molecule has 0 saturated heterocycles. The first kappa shape index (κ1) is 29.4. The molecule has 0 aliphatic rings. The van der Waals surface area contributed by atoms with E-state index in [0.29, 0.717) is 22.6 Å². The van der Waals surface area contributed by atoms with Gasteiger partial charge in [0.25, 0.3) is 10.0 Å². The molecule has 0 spiro atoms. The fraction of sp³-hybridized carbons (Fsp3) is 0.179. The van der Waals surface area contributed by atoms with Crippen LogP contribution in [0.1, 0.15) is 35.3 Å². The van der Waals surface area contributed by atoms with Crippen LogP contribution in [0.2, 0.25) is 0 Å². The number of halogens is 4. The number of carbonyl (C=O) groups is 1. The van der Waals surface area contributed by atoms with Gasteiger partial charge in [-0.2, -0.15) is 13.2 Å². The Morgan fingerprint density at radius 1 is 1.08 bits per heavy atom. The highest BCUT2D eigenvalue weighted by Gasteiger charge is 2.35. The van der Waals surface area contributed by atoms with E-state index in [-0.39, 0.29) is 34.0 Å². The summed E-state index contributed by atoms with van der Waals surface area (Å²) in [5.41, 5.74) is 5.02. The van der Waals surface area contributed by atoms with Gasteiger partial charge in [0.05, 0.1) is 29.2 Å². The number of nitrogens with two attached hydrogens (primary N) is 1. The Labute approximate surface area is 223 Å². The van der Waals surface area contributed by atoms with E-state index >= 15 is 0 Å². The summed E-state index contributed by atoms with van der Waals surface area (Å²) in [5, 5.41) is 1.29. The van der Waals surface area contributed by atoms with Crippen LogP contribution in [0.25, 0.3) is 12.7 Å². The highest BCUT2D eigenvalue weighted by Crippen LogP contribution is 2.33. The highest BCUT2D eigenvalue weighted by molar-refractivity contribution is 7.89. The minimum atomic E-state index is -4.99. The normalized spacial score (nSPS) is 13.1. The number of allylic oxidation sites excluding steroid dienone is 1. The highest BCUT2D eigenvalue weighted by atomic mass is 32.2. The molecule has 0 heterocycles. The van der Waals surface area contributed by atoms with E-state index in [0.717, 1.165) is 22.5 Å². The lowest BCUT2D eigenvalue weighted by atomic mass is 10.1. The lowest BCUT2D eigenvalue weighted by Gasteiger charge is -2.26. The summed E-state index contributed by atoms with van der Waals surface area (Å²) in [7, 11) is -4.47. The molecule has 0 aliphatic heterocycles. The third-order valence-electron chi connectivity index (χ3n) is 5.72. The first-order chi connectivity index (χ1) is 18.3. The van der Waals surface area contributed by atoms with Crippen LogP contribution in [0.3, 0.4) is 0 Å². The Kier molecular flexibility index (Phi) is 8.85. The predicted octanol–water partition coefficient (Wildman–Crippen LogP) is 4.29. The van der Waals surface area contributed by atoms with Gasteiger partial charge in [-0.05, 0) is 77.9 Å². The number of ether oxygens (including phenoxy) is 1. The van der Waals surface area contributed by atoms with Gasteiger partial charge in [0, 0.05) is 0 Å². The molecule has 0 aliphatic carbocycles. The van der Waals surface area contributed by atoms with E-state index in [2.05, 4.69) is 6.58 Å². The second-order valence-electron chi connectivity index (χ2n) is 8.48. The summed E-state index contributed by atoms with van der Waals surface area (Å²) in [4.78, 5) is 11.7. The van der Waals surface area contributed by atoms with Gasteiger partial charge < -0.3 is 10.5 Å². The van der Waals surface area contributed by atoms with Gasteiger partial charge in [-0.25, -0.2) is 21.9 Å². The Morgan fingerprint density at radius 2 is 1.72 bits per heavy atom. The fourth-order valence-corrected chi connectivity index (χ4v) is 5.09. The molecule has 11 heteroatoms. The SMILES string of the molecule is C=c1cccc/c1=C/C(C)=C(\N)N(Cc1ccc(F)c(C(F)(F)F)c1)S(=O)(=O)c1ccc(C(=O)OCC)cc1. The second-order valence-corrected chi connectivity index (χ2v) is 10.3. The van der Waals surface area contributed by atoms with Crippen molar-refractivity contribution in [2.45, 2.75) is 31.5 Å². The molecular weight excluding hydrogens is 536 g/mol. The molecule has 0 radical (unpaired) electrons. The molecule has 0 aromatic heterocycles. The fourth-order valence-electron chi connectivity index (χ4n) is 3.64. The van der Waals surface area contributed by atoms with Gasteiger partial charge in [-0.15, -0.1) is 0 Å². The molecule has 3 aromatic rings. The van der Waals surface area contributed by atoms with Crippen LogP contribution in [-0.4, -0.2) is 25.3 Å². The zero-order valence-electron chi connectivity index (χ0n) is 21.1. The van der Waals surface area contributed by atoms with Gasteiger partial charge in [-0.3, -0.25) is 0 Å². The molecular formula is C28H26F4N2O4S. The lowest BCUT2D eigenvalue weighted by molar-refractivity contribution is -0.140. The van der Waals surface area contributed by atoms with E-state index in [9.17, 15) is 30.8 Å². The topological polar surface area (TPSA) is 89.7 Å². The number of hydrogen-bond donors (Lipinski definition) is 1. The average molecular weight is 563 g/mol. The minimum absolute atomic E-state index is 0.107. The average Bonchev–Trinajstić information content (AvgIpc) is 2.88. The molecule has 0 fully saturated rings. The Balaban J connectivity index is 2.16. The van der Waals surface area contributed by atoms with E-state index in [1.807, 2.05) is 0 Å². The van der Waals surface area contributed by atoms with Gasteiger partial charge in [0.15, 0.2) is 0 Å². The zero-order valence-corrected chi connectivity index (χ0v) is 21.9. The van der Waals surface area contributed by atoms with Gasteiger partial charge >= 0.3 is 12.1 Å². The van der Waals surface area contributed by atoms with Crippen molar-refractivity contribution in [3.05, 3.63) is 111 Å². The van der Waals surface area contributed by atoms with Crippen LogP contribution in [0.4, 0.5) is 17.6 Å². The molecule has 3 aromatic carbocycles. The molecule has 0 saturated carbocycles. The zero-order chi connectivity index (χ0) is 29.0. The third kappa shape index (κ3) is 6.85. The van der Waals surface area contributed by atoms with Crippen molar-refractivity contribution in [2.75, 3.05) is 6.61 Å². The number of carbonyl (C=O) groups excluding carboxylic acids is 1. The maximum Gasteiger partial charge on any atom is 0.419 e. The Bertz CT molecular complexity index is 1620. The molecule has 206 valence electrons. The molecule has 0 unspecified atom stereocenters. The van der Waals surface area contributed by atoms with E-state index in [1.54, 1.807) is 44.2 Å². The summed E-state index contributed by atoms with van der Waals surface area (Å²) < 4.78 is 87.0. The second kappa shape index (κ2) is 11.7. The summed E-state index contributed by atoms with van der Waals surface area (Å²) in [6.45, 7) is 6.57. The monoisotopic (exact) mass is 562 g/mol. The molecule has 6 nitrogen and oxygen atoms in total. The quantitative estimate of drug-likeness (QED) is 0.327.